The van der Waals surface area contributed by atoms with Gasteiger partial charge in [0.1, 0.15) is 0 Å². The Balaban J connectivity index is -0.00000115. The number of carboxylic acid groups (broad SMARTS) is 2. The minimum atomic E-state index is -0.888. The van der Waals surface area contributed by atoms with E-state index in [1.807, 2.05) is 0 Å². The molecule has 7 N–H and O–H groups in total. The van der Waals surface area contributed by atoms with E-state index in [1.54, 1.807) is 31.2 Å². The number of nitrogens with one attached hydrogen (secondary N) is 1. The average Bonchev–Trinajstić information content (AvgIpc) is 3.09. The van der Waals surface area contributed by atoms with Gasteiger partial charge >= 0.3 is 41.3 Å². The molecule has 0 bridgehead atoms. The van der Waals surface area contributed by atoms with Crippen molar-refractivity contribution < 1.29 is 50.7 Å². The summed E-state index contributed by atoms with van der Waals surface area (Å²) in [6.45, 7) is 3.20. The van der Waals surface area contributed by atoms with Gasteiger partial charge in [0.25, 0.3) is 17.8 Å². The number of unbranched alkanes of at least 4 members (excludes halogenated alkanes) is 2. The molecule has 37 heavy (non-hydrogen) atoms. The predicted molar refractivity (Wildman–Crippen MR) is 138 cm³/mol. The van der Waals surface area contributed by atoms with Gasteiger partial charge in [-0.3, -0.25) is 28.9 Å². The van der Waals surface area contributed by atoms with E-state index in [1.165, 1.54) is 17.1 Å². The van der Waals surface area contributed by atoms with Gasteiger partial charge in [-0.15, -0.1) is 0 Å². The number of carbonyl (C=O) groups excluding carboxylic acids is 3. The number of imide groups is 1. The average molecular weight is 744 g/mol. The second-order valence-corrected chi connectivity index (χ2v) is 10.3. The summed E-state index contributed by atoms with van der Waals surface area (Å²) < 4.78 is 0. The van der Waals surface area contributed by atoms with Crippen LogP contribution in [0.1, 0.15) is 50.7 Å². The predicted octanol–water partition coefficient (Wildman–Crippen LogP) is 4.54. The van der Waals surface area contributed by atoms with Crippen molar-refractivity contribution in [2.75, 3.05) is 6.54 Å². The number of aliphatic carboxylic acids is 2. The second-order valence-electron chi connectivity index (χ2n) is 7.04. The first kappa shape index (κ1) is 38.9. The maximum absolute atomic E-state index is 11.9. The Morgan fingerprint density at radius 1 is 0.946 bits per heavy atom. The summed E-state index contributed by atoms with van der Waals surface area (Å²) in [6.07, 6.45) is 4.79. The van der Waals surface area contributed by atoms with Gasteiger partial charge in [-0.2, -0.15) is 5.10 Å². The van der Waals surface area contributed by atoms with Gasteiger partial charge in [-0.25, -0.2) is 5.43 Å². The van der Waals surface area contributed by atoms with E-state index in [4.69, 9.17) is 33.8 Å². The van der Waals surface area contributed by atoms with E-state index >= 15 is 0 Å². The summed E-state index contributed by atoms with van der Waals surface area (Å²) in [4.78, 5) is 55.5. The van der Waals surface area contributed by atoms with E-state index < -0.39 is 28.4 Å². The molecule has 2 rings (SSSR count). The van der Waals surface area contributed by atoms with Crippen LogP contribution < -0.4 is 5.43 Å². The molecule has 0 aromatic heterocycles. The molecule has 1 aliphatic rings. The van der Waals surface area contributed by atoms with Crippen LogP contribution >= 0.6 is 18.8 Å². The molecule has 0 saturated heterocycles. The number of nitrogens with zero attached hydrogens (tertiary/aromatic N) is 2. The third-order valence-corrected chi connectivity index (χ3v) is 4.26. The molecule has 1 heterocycles. The normalized spacial score (nSPS) is 11.8. The molecule has 1 aromatic carbocycles. The van der Waals surface area contributed by atoms with Gasteiger partial charge in [-0.1, -0.05) is 30.7 Å². The minimum Gasteiger partial charge on any atom is -0.693 e. The smallest absolute Gasteiger partial charge is 0.693 e. The van der Waals surface area contributed by atoms with Crippen molar-refractivity contribution in [3.8, 4) is 0 Å². The Morgan fingerprint density at radius 3 is 1.89 bits per heavy atom. The van der Waals surface area contributed by atoms with E-state index in [0.717, 1.165) is 18.9 Å². The van der Waals surface area contributed by atoms with Crippen LogP contribution in [0.25, 0.3) is 12.3 Å². The molecule has 1 aromatic rings. The maximum Gasteiger partial charge on any atom is -0.693 e. The Kier molecular flexibility index (Phi) is 23.7. The standard InChI is InChI=1S/C20H23N3O5.C2H4O2.2ClH.2H2N.Pt/c1-14(16-8-6-15(7-9-16)13-20(27)28)21-22-17(24)5-3-2-4-12-23-18(25)10-11-19(23)26;1-2(3)4;;;;;/h6-11H,2-5,12-13H2,1H3,(H,22,24)(H,27,28);1H3,(H,3,4);2*1H;2*1H2;/q;;;;2*-1;+4/p-2/b21-14+;;;;;;. The van der Waals surface area contributed by atoms with E-state index in [-0.39, 0.29) is 36.4 Å². The van der Waals surface area contributed by atoms with Crippen molar-refractivity contribution in [3.05, 3.63) is 59.8 Å². The van der Waals surface area contributed by atoms with Crippen LogP contribution in [-0.2, 0) is 46.9 Å². The van der Waals surface area contributed by atoms with E-state index in [9.17, 15) is 19.2 Å². The second kappa shape index (κ2) is 22.6. The van der Waals surface area contributed by atoms with Gasteiger partial charge in [0, 0.05) is 32.0 Å². The molecule has 0 radical (unpaired) electrons. The van der Waals surface area contributed by atoms with Gasteiger partial charge in [0.15, 0.2) is 0 Å². The van der Waals surface area contributed by atoms with Gasteiger partial charge in [0.05, 0.1) is 12.1 Å². The monoisotopic (exact) mass is 742 g/mol. The van der Waals surface area contributed by atoms with Gasteiger partial charge < -0.3 is 22.5 Å². The molecule has 3 amide bonds. The Morgan fingerprint density at radius 2 is 1.43 bits per heavy atom. The summed E-state index contributed by atoms with van der Waals surface area (Å²) >= 11 is -0.472. The van der Waals surface area contributed by atoms with Crippen LogP contribution in [0.4, 0.5) is 0 Å². The molecular formula is C22H31Cl2N5O7Pt. The Hall–Kier alpha value is -2.63. The third kappa shape index (κ3) is 19.2. The fraction of sp³-hybridized carbons (Fsp3) is 0.364. The van der Waals surface area contributed by atoms with Gasteiger partial charge in [0.2, 0.25) is 5.91 Å². The molecule has 15 heteroatoms. The van der Waals surface area contributed by atoms with Gasteiger partial charge in [-0.05, 0) is 30.9 Å². The number of rotatable bonds is 10. The van der Waals surface area contributed by atoms with Crippen molar-refractivity contribution >= 4 is 54.2 Å². The summed E-state index contributed by atoms with van der Waals surface area (Å²) in [5, 5.41) is 20.2. The molecule has 0 saturated carbocycles. The van der Waals surface area contributed by atoms with Crippen molar-refractivity contribution in [2.24, 2.45) is 5.10 Å². The third-order valence-electron chi connectivity index (χ3n) is 4.26. The van der Waals surface area contributed by atoms with Crippen LogP contribution in [0, 0.1) is 0 Å². The number of carbonyl (C=O) groups is 5. The molecule has 1 aliphatic heterocycles. The first-order valence-corrected chi connectivity index (χ1v) is 15.8. The quantitative estimate of drug-likeness (QED) is 0.134. The summed E-state index contributed by atoms with van der Waals surface area (Å²) in [6, 6.07) is 6.96. The zero-order chi connectivity index (χ0) is 26.8. The fourth-order valence-electron chi connectivity index (χ4n) is 2.69. The van der Waals surface area contributed by atoms with Crippen LogP contribution in [0.15, 0.2) is 41.5 Å². The zero-order valence-corrected chi connectivity index (χ0v) is 24.0. The minimum absolute atomic E-state index is 0. The number of amides is 3. The van der Waals surface area contributed by atoms with Crippen LogP contribution in [0.2, 0.25) is 0 Å². The first-order valence-electron chi connectivity index (χ1n) is 10.2. The number of nitrogens with two attached hydrogens (primary N) is 2. The topological polar surface area (TPSA) is 220 Å². The number of hydrazone groups is 1. The van der Waals surface area contributed by atoms with Crippen LogP contribution in [0.3, 0.4) is 0 Å². The van der Waals surface area contributed by atoms with E-state index in [2.05, 4.69) is 10.5 Å². The molecule has 0 unspecified atom stereocenters. The largest absolute Gasteiger partial charge is 0.693 e. The Labute approximate surface area is 232 Å². The SMILES string of the molecule is C/C(=N\NC(=O)CCCCCN1C(=O)C=CC1=O)c1ccc(CC(=O)O)cc1.CC(=O)O.[Cl][Pt+2][Cl].[NH2-].[NH2-]. The molecule has 0 spiro atoms. The molecular weight excluding hydrogens is 712 g/mol. The number of hydrogen-bond acceptors (Lipinski definition) is 6. The van der Waals surface area contributed by atoms with Crippen LogP contribution in [-0.4, -0.2) is 57.0 Å². The van der Waals surface area contributed by atoms with Crippen LogP contribution in [0.5, 0.6) is 0 Å². The molecule has 210 valence electrons. The van der Waals surface area contributed by atoms with Crippen molar-refractivity contribution in [1.29, 1.82) is 0 Å². The molecule has 0 aliphatic carbocycles. The Bertz CT molecular complexity index is 922. The summed E-state index contributed by atoms with van der Waals surface area (Å²) in [5.74, 6) is -2.51. The maximum atomic E-state index is 11.9. The first-order chi connectivity index (χ1) is 16.5. The molecule has 0 fully saturated rings. The fourth-order valence-corrected chi connectivity index (χ4v) is 2.69. The molecule has 12 nitrogen and oxygen atoms in total. The number of carboxylic acids is 2. The summed E-state index contributed by atoms with van der Waals surface area (Å²) in [5.41, 5.74) is 4.61. The van der Waals surface area contributed by atoms with E-state index in [0.29, 0.717) is 37.1 Å². The number of benzene rings is 1. The number of halogens is 2. The zero-order valence-electron chi connectivity index (χ0n) is 20.3. The molecule has 0 atom stereocenters. The number of hydrogen-bond donors (Lipinski definition) is 3. The summed E-state index contributed by atoms with van der Waals surface area (Å²) in [7, 11) is 9.75. The van der Waals surface area contributed by atoms with Crippen molar-refractivity contribution in [1.82, 2.24) is 10.3 Å². The van der Waals surface area contributed by atoms with Crippen molar-refractivity contribution in [3.63, 3.8) is 0 Å². The van der Waals surface area contributed by atoms with Crippen molar-refractivity contribution in [2.45, 2.75) is 46.0 Å².